The van der Waals surface area contributed by atoms with Crippen molar-refractivity contribution in [2.24, 2.45) is 0 Å². The van der Waals surface area contributed by atoms with E-state index < -0.39 is 0 Å². The van der Waals surface area contributed by atoms with Crippen LogP contribution in [0.5, 0.6) is 0 Å². The predicted molar refractivity (Wildman–Crippen MR) is 78.2 cm³/mol. The van der Waals surface area contributed by atoms with E-state index in [4.69, 9.17) is 0 Å². The molecule has 5 nitrogen and oxygen atoms in total. The summed E-state index contributed by atoms with van der Waals surface area (Å²) in [4.78, 5) is 9.19. The SMILES string of the molecule is CCCn1cncc1CN(C)CCN1CCNCC1. The van der Waals surface area contributed by atoms with Crippen molar-refractivity contribution in [3.05, 3.63) is 18.2 Å². The third kappa shape index (κ3) is 4.60. The van der Waals surface area contributed by atoms with Crippen LogP contribution in [0.25, 0.3) is 0 Å². The van der Waals surface area contributed by atoms with Gasteiger partial charge in [-0.15, -0.1) is 0 Å². The van der Waals surface area contributed by atoms with Crippen molar-refractivity contribution in [2.45, 2.75) is 26.4 Å². The van der Waals surface area contributed by atoms with E-state index in [0.29, 0.717) is 0 Å². The normalized spacial score (nSPS) is 17.2. The summed E-state index contributed by atoms with van der Waals surface area (Å²) >= 11 is 0. The van der Waals surface area contributed by atoms with Crippen LogP contribution in [0.3, 0.4) is 0 Å². The van der Waals surface area contributed by atoms with E-state index in [1.807, 2.05) is 12.5 Å². The van der Waals surface area contributed by atoms with Gasteiger partial charge < -0.3 is 9.88 Å². The van der Waals surface area contributed by atoms with Crippen LogP contribution < -0.4 is 5.32 Å². The molecule has 0 atom stereocenters. The summed E-state index contributed by atoms with van der Waals surface area (Å²) in [5, 5.41) is 3.39. The molecule has 0 unspecified atom stereocenters. The Morgan fingerprint density at radius 1 is 1.32 bits per heavy atom. The van der Waals surface area contributed by atoms with Gasteiger partial charge in [-0.2, -0.15) is 0 Å². The number of rotatable bonds is 7. The maximum Gasteiger partial charge on any atom is 0.0948 e. The Morgan fingerprint density at radius 3 is 2.84 bits per heavy atom. The highest BCUT2D eigenvalue weighted by atomic mass is 15.2. The Kier molecular flexibility index (Phi) is 5.82. The average Bonchev–Trinajstić information content (AvgIpc) is 2.85. The summed E-state index contributed by atoms with van der Waals surface area (Å²) in [6, 6.07) is 0. The molecule has 0 bridgehead atoms. The highest BCUT2D eigenvalue weighted by molar-refractivity contribution is 4.98. The fraction of sp³-hybridized carbons (Fsp3) is 0.786. The Balaban J connectivity index is 1.73. The summed E-state index contributed by atoms with van der Waals surface area (Å²) in [6.07, 6.45) is 5.10. The number of imidazole rings is 1. The molecule has 1 N–H and O–H groups in total. The lowest BCUT2D eigenvalue weighted by atomic mass is 10.3. The molecule has 1 aliphatic rings. The van der Waals surface area contributed by atoms with Gasteiger partial charge >= 0.3 is 0 Å². The largest absolute Gasteiger partial charge is 0.333 e. The minimum absolute atomic E-state index is 0.992. The van der Waals surface area contributed by atoms with Crippen molar-refractivity contribution in [1.29, 1.82) is 0 Å². The van der Waals surface area contributed by atoms with Gasteiger partial charge in [-0.05, 0) is 13.5 Å². The molecule has 0 radical (unpaired) electrons. The summed E-state index contributed by atoms with van der Waals surface area (Å²) in [6.45, 7) is 11.2. The van der Waals surface area contributed by atoms with Crippen molar-refractivity contribution in [1.82, 2.24) is 24.7 Å². The van der Waals surface area contributed by atoms with Crippen molar-refractivity contribution in [3.8, 4) is 0 Å². The van der Waals surface area contributed by atoms with Crippen LogP contribution in [0, 0.1) is 0 Å². The maximum atomic E-state index is 4.26. The van der Waals surface area contributed by atoms with E-state index in [1.165, 1.54) is 25.3 Å². The zero-order valence-corrected chi connectivity index (χ0v) is 12.3. The number of hydrogen-bond acceptors (Lipinski definition) is 4. The molecule has 0 spiro atoms. The first-order valence-electron chi connectivity index (χ1n) is 7.40. The highest BCUT2D eigenvalue weighted by Gasteiger charge is 2.11. The van der Waals surface area contributed by atoms with Gasteiger partial charge in [0.15, 0.2) is 0 Å². The fourth-order valence-corrected chi connectivity index (χ4v) is 2.52. The van der Waals surface area contributed by atoms with Gasteiger partial charge in [0.25, 0.3) is 0 Å². The lowest BCUT2D eigenvalue weighted by Gasteiger charge is -2.29. The molecule has 108 valence electrons. The lowest BCUT2D eigenvalue weighted by Crippen LogP contribution is -2.45. The van der Waals surface area contributed by atoms with Crippen LogP contribution in [0.1, 0.15) is 19.0 Å². The van der Waals surface area contributed by atoms with Crippen LogP contribution in [-0.2, 0) is 13.1 Å². The van der Waals surface area contributed by atoms with E-state index in [2.05, 4.69) is 38.6 Å². The molecular weight excluding hydrogens is 238 g/mol. The predicted octanol–water partition coefficient (Wildman–Crippen LogP) is 0.630. The minimum Gasteiger partial charge on any atom is -0.333 e. The van der Waals surface area contributed by atoms with Gasteiger partial charge in [0, 0.05) is 58.6 Å². The topological polar surface area (TPSA) is 36.3 Å². The molecule has 1 aliphatic heterocycles. The van der Waals surface area contributed by atoms with Crippen LogP contribution in [-0.4, -0.2) is 65.7 Å². The quantitative estimate of drug-likeness (QED) is 0.784. The van der Waals surface area contributed by atoms with E-state index in [1.54, 1.807) is 0 Å². The lowest BCUT2D eigenvalue weighted by molar-refractivity contribution is 0.200. The number of aromatic nitrogens is 2. The fourth-order valence-electron chi connectivity index (χ4n) is 2.52. The summed E-state index contributed by atoms with van der Waals surface area (Å²) < 4.78 is 2.27. The molecular formula is C14H27N5. The Hall–Kier alpha value is -0.910. The molecule has 1 saturated heterocycles. The average molecular weight is 265 g/mol. The number of hydrogen-bond donors (Lipinski definition) is 1. The van der Waals surface area contributed by atoms with Gasteiger partial charge in [-0.25, -0.2) is 4.98 Å². The summed E-state index contributed by atoms with van der Waals surface area (Å²) in [5.41, 5.74) is 1.32. The monoisotopic (exact) mass is 265 g/mol. The van der Waals surface area contributed by atoms with Crippen molar-refractivity contribution >= 4 is 0 Å². The van der Waals surface area contributed by atoms with Gasteiger partial charge in [-0.1, -0.05) is 6.92 Å². The highest BCUT2D eigenvalue weighted by Crippen LogP contribution is 2.04. The van der Waals surface area contributed by atoms with Gasteiger partial charge in [0.2, 0.25) is 0 Å². The second kappa shape index (κ2) is 7.62. The third-order valence-corrected chi connectivity index (χ3v) is 3.70. The second-order valence-corrected chi connectivity index (χ2v) is 5.41. The van der Waals surface area contributed by atoms with Gasteiger partial charge in [-0.3, -0.25) is 9.80 Å². The van der Waals surface area contributed by atoms with E-state index >= 15 is 0 Å². The first kappa shape index (κ1) is 14.5. The van der Waals surface area contributed by atoms with E-state index in [-0.39, 0.29) is 0 Å². The molecule has 0 aromatic carbocycles. The number of likely N-dealkylation sites (N-methyl/N-ethyl adjacent to an activating group) is 1. The standard InChI is InChI=1S/C14H27N5/c1-3-6-19-13-16-11-14(19)12-17(2)9-10-18-7-4-15-5-8-18/h11,13,15H,3-10,12H2,1-2H3. The maximum absolute atomic E-state index is 4.26. The molecule has 5 heteroatoms. The van der Waals surface area contributed by atoms with E-state index in [9.17, 15) is 0 Å². The van der Waals surface area contributed by atoms with Crippen LogP contribution in [0.15, 0.2) is 12.5 Å². The first-order valence-corrected chi connectivity index (χ1v) is 7.40. The molecule has 1 aromatic rings. The van der Waals surface area contributed by atoms with Gasteiger partial charge in [0.1, 0.15) is 0 Å². The first-order chi connectivity index (χ1) is 9.29. The molecule has 1 fully saturated rings. The van der Waals surface area contributed by atoms with Crippen LogP contribution >= 0.6 is 0 Å². The Labute approximate surface area is 116 Å². The molecule has 2 rings (SSSR count). The number of nitrogens with zero attached hydrogens (tertiary/aromatic N) is 4. The minimum atomic E-state index is 0.992. The molecule has 19 heavy (non-hydrogen) atoms. The molecule has 2 heterocycles. The Bertz CT molecular complexity index is 356. The van der Waals surface area contributed by atoms with E-state index in [0.717, 1.165) is 39.1 Å². The second-order valence-electron chi connectivity index (χ2n) is 5.41. The summed E-state index contributed by atoms with van der Waals surface area (Å²) in [7, 11) is 2.20. The van der Waals surface area contributed by atoms with Crippen molar-refractivity contribution in [3.63, 3.8) is 0 Å². The molecule has 0 aliphatic carbocycles. The molecule has 0 amide bonds. The molecule has 1 aromatic heterocycles. The zero-order valence-electron chi connectivity index (χ0n) is 12.3. The Morgan fingerprint density at radius 2 is 2.11 bits per heavy atom. The number of aryl methyl sites for hydroxylation is 1. The van der Waals surface area contributed by atoms with Crippen LogP contribution in [0.2, 0.25) is 0 Å². The zero-order chi connectivity index (χ0) is 13.5. The summed E-state index contributed by atoms with van der Waals surface area (Å²) in [5.74, 6) is 0. The number of piperazine rings is 1. The third-order valence-electron chi connectivity index (χ3n) is 3.70. The number of nitrogens with one attached hydrogen (secondary N) is 1. The van der Waals surface area contributed by atoms with Gasteiger partial charge in [0.05, 0.1) is 12.0 Å². The van der Waals surface area contributed by atoms with Crippen LogP contribution in [0.4, 0.5) is 0 Å². The smallest absolute Gasteiger partial charge is 0.0948 e. The van der Waals surface area contributed by atoms with Crippen molar-refractivity contribution < 1.29 is 0 Å². The van der Waals surface area contributed by atoms with Crippen molar-refractivity contribution in [2.75, 3.05) is 46.3 Å². The molecule has 0 saturated carbocycles.